The Morgan fingerprint density at radius 1 is 0.939 bits per heavy atom. The number of phosphoric ester groups is 2. The zero-order valence-electron chi connectivity index (χ0n) is 25.0. The van der Waals surface area contributed by atoms with Crippen LogP contribution >= 0.6 is 15.6 Å². The number of aliphatic hydroxyl groups excluding tert-OH is 4. The summed E-state index contributed by atoms with van der Waals surface area (Å²) in [4.78, 5) is 53.9. The molecule has 0 radical (unpaired) electrons. The fraction of sp³-hybridized carbons (Fsp3) is 0.522. The van der Waals surface area contributed by atoms with Gasteiger partial charge in [-0.05, 0) is 6.42 Å². The number of nitrogen functional groups attached to an aromatic ring is 1. The van der Waals surface area contributed by atoms with E-state index in [0.29, 0.717) is 0 Å². The van der Waals surface area contributed by atoms with Crippen LogP contribution in [0.2, 0.25) is 0 Å². The number of carboxylic acid groups (broad SMARTS) is 1. The molecule has 2 aromatic rings. The average molecular weight is 741 g/mol. The first-order valence-corrected chi connectivity index (χ1v) is 16.9. The van der Waals surface area contributed by atoms with E-state index in [1.54, 1.807) is 6.08 Å². The number of aliphatic hydroxyl groups is 4. The Morgan fingerprint density at radius 2 is 1.49 bits per heavy atom. The molecule has 2 aromatic heterocycles. The van der Waals surface area contributed by atoms with Gasteiger partial charge in [-0.3, -0.25) is 23.2 Å². The van der Waals surface area contributed by atoms with Gasteiger partial charge in [0.25, 0.3) is 0 Å². The molecule has 24 nitrogen and oxygen atoms in total. The van der Waals surface area contributed by atoms with Gasteiger partial charge in [0.05, 0.1) is 26.1 Å². The highest BCUT2D eigenvalue weighted by atomic mass is 31.3. The van der Waals surface area contributed by atoms with Crippen molar-refractivity contribution in [3.8, 4) is 0 Å². The van der Waals surface area contributed by atoms with Crippen LogP contribution in [-0.2, 0) is 41.6 Å². The maximum atomic E-state index is 12.4. The Bertz CT molecular complexity index is 1680. The summed E-state index contributed by atoms with van der Waals surface area (Å²) in [6.45, 7) is -2.06. The zero-order valence-corrected chi connectivity index (χ0v) is 26.8. The van der Waals surface area contributed by atoms with Crippen LogP contribution in [0, 0.1) is 0 Å². The molecule has 49 heavy (non-hydrogen) atoms. The topological polar surface area (TPSA) is 381 Å². The number of primary amides is 1. The number of imidazole rings is 1. The molecular formula is C23H34N8O16P2. The maximum absolute atomic E-state index is 12.4. The molecule has 1 amide bonds. The fourth-order valence-electron chi connectivity index (χ4n) is 4.68. The third-order valence-corrected chi connectivity index (χ3v) is 9.65. The van der Waals surface area contributed by atoms with E-state index in [-0.39, 0.29) is 35.5 Å². The second kappa shape index (κ2) is 15.6. The molecule has 5 heterocycles. The number of rotatable bonds is 12. The highest BCUT2D eigenvalue weighted by Gasteiger charge is 2.48. The highest BCUT2D eigenvalue weighted by molar-refractivity contribution is 7.61. The van der Waals surface area contributed by atoms with E-state index < -0.39 is 89.8 Å². The predicted octanol–water partition coefficient (Wildman–Crippen LogP) is -3.66. The summed E-state index contributed by atoms with van der Waals surface area (Å²) >= 11 is 0. The predicted molar refractivity (Wildman–Crippen MR) is 159 cm³/mol. The lowest BCUT2D eigenvalue weighted by Gasteiger charge is -2.28. The molecule has 5 unspecified atom stereocenters. The van der Waals surface area contributed by atoms with Gasteiger partial charge in [-0.25, -0.2) is 24.1 Å². The van der Waals surface area contributed by atoms with Gasteiger partial charge >= 0.3 is 21.6 Å². The van der Waals surface area contributed by atoms with Crippen molar-refractivity contribution in [1.29, 1.82) is 0 Å². The van der Waals surface area contributed by atoms with Crippen molar-refractivity contribution in [2.24, 2.45) is 11.5 Å². The van der Waals surface area contributed by atoms with Crippen LogP contribution < -0.4 is 17.2 Å². The third-order valence-electron chi connectivity index (χ3n) is 7.05. The molecule has 0 bridgehead atoms. The summed E-state index contributed by atoms with van der Waals surface area (Å²) in [5, 5.41) is 49.2. The number of carbonyl (C=O) groups is 2. The van der Waals surface area contributed by atoms with Crippen LogP contribution in [-0.4, -0.2) is 134 Å². The summed E-state index contributed by atoms with van der Waals surface area (Å²) in [6, 6.07) is 0. The molecule has 5 rings (SSSR count). The minimum Gasteiger partial charge on any atom is -0.480 e. The number of nitrogens with two attached hydrogens (primary N) is 3. The zero-order chi connectivity index (χ0) is 36.3. The number of allylic oxidation sites excluding steroid dienone is 1. The molecule has 0 spiro atoms. The first-order chi connectivity index (χ1) is 22.9. The number of ether oxygens (including phenoxy) is 2. The van der Waals surface area contributed by atoms with Crippen molar-refractivity contribution in [3.05, 3.63) is 36.7 Å². The normalized spacial score (nSPS) is 30.7. The lowest BCUT2D eigenvalue weighted by molar-refractivity contribution is -0.135. The van der Waals surface area contributed by atoms with Crippen LogP contribution in [0.25, 0.3) is 11.2 Å². The van der Waals surface area contributed by atoms with Crippen molar-refractivity contribution in [3.63, 3.8) is 0 Å². The molecule has 0 aliphatic carbocycles. The Kier molecular flexibility index (Phi) is 12.2. The molecule has 26 heteroatoms. The Hall–Kier alpha value is -3.45. The van der Waals surface area contributed by atoms with E-state index in [1.807, 2.05) is 0 Å². The number of phosphoric acid groups is 2. The second-order valence-electron chi connectivity index (χ2n) is 10.4. The van der Waals surface area contributed by atoms with Crippen molar-refractivity contribution in [1.82, 2.24) is 24.4 Å². The van der Waals surface area contributed by atoms with E-state index in [2.05, 4.69) is 25.0 Å². The van der Waals surface area contributed by atoms with Crippen molar-refractivity contribution < 1.29 is 76.9 Å². The number of fused-ring (bicyclic) bond motifs is 1. The monoisotopic (exact) mass is 740 g/mol. The molecule has 3 aliphatic heterocycles. The molecular weight excluding hydrogens is 706 g/mol. The van der Waals surface area contributed by atoms with E-state index in [4.69, 9.17) is 35.1 Å². The second-order valence-corrected chi connectivity index (χ2v) is 13.5. The molecule has 0 aromatic carbocycles. The number of hydrogen-bond acceptors (Lipinski definition) is 19. The summed E-state index contributed by atoms with van der Waals surface area (Å²) in [5.74, 6) is -1.63. The van der Waals surface area contributed by atoms with Crippen LogP contribution in [0.3, 0.4) is 0 Å². The van der Waals surface area contributed by atoms with E-state index in [9.17, 15) is 48.9 Å². The number of aliphatic carboxylic acids is 1. The summed E-state index contributed by atoms with van der Waals surface area (Å²) < 4.78 is 50.8. The van der Waals surface area contributed by atoms with Crippen LogP contribution in [0.4, 0.5) is 5.82 Å². The average Bonchev–Trinajstić information content (AvgIpc) is 3.69. The van der Waals surface area contributed by atoms with Crippen molar-refractivity contribution >= 4 is 44.5 Å². The van der Waals surface area contributed by atoms with Gasteiger partial charge in [0, 0.05) is 18.0 Å². The molecule has 13 N–H and O–H groups in total. The quantitative estimate of drug-likeness (QED) is 0.0937. The molecule has 2 saturated heterocycles. The lowest BCUT2D eigenvalue weighted by atomic mass is 10.1. The van der Waals surface area contributed by atoms with Gasteiger partial charge in [-0.1, -0.05) is 6.08 Å². The number of aromatic nitrogens is 4. The summed E-state index contributed by atoms with van der Waals surface area (Å²) in [6.07, 6.45) is -4.88. The molecule has 3 aliphatic rings. The van der Waals surface area contributed by atoms with Crippen molar-refractivity contribution in [2.75, 3.05) is 25.5 Å². The molecule has 10 atom stereocenters. The van der Waals surface area contributed by atoms with Gasteiger partial charge in [-0.15, -0.1) is 0 Å². The summed E-state index contributed by atoms with van der Waals surface area (Å²) in [7, 11) is -10.7. The van der Waals surface area contributed by atoms with E-state index in [1.165, 1.54) is 28.2 Å². The van der Waals surface area contributed by atoms with Gasteiger partial charge < -0.3 is 66.9 Å². The van der Waals surface area contributed by atoms with Crippen molar-refractivity contribution in [2.45, 2.75) is 55.5 Å². The smallest absolute Gasteiger partial charge is 0.480 e. The SMILES string of the molecule is NC(=O)C1=CN(C2O[C@H](COP(=O)(O)OP(=O)(O)OC[C@H]3O[C@@H](n4cnc5c(N)ncnc54)[C@H](O)[C@@H]3O)C(O)C2O)C=CC1.NCC(=O)O. The van der Waals surface area contributed by atoms with E-state index in [0.717, 1.165) is 6.33 Å². The Morgan fingerprint density at radius 3 is 2.04 bits per heavy atom. The Labute approximate surface area is 275 Å². The number of carbonyl (C=O) groups excluding carboxylic acids is 1. The van der Waals surface area contributed by atoms with Gasteiger partial charge in [0.2, 0.25) is 5.91 Å². The third kappa shape index (κ3) is 9.22. The van der Waals surface area contributed by atoms with Gasteiger partial charge in [-0.2, -0.15) is 4.31 Å². The molecule has 272 valence electrons. The first kappa shape index (κ1) is 38.4. The molecule has 2 fully saturated rings. The first-order valence-electron chi connectivity index (χ1n) is 13.9. The van der Waals surface area contributed by atoms with E-state index >= 15 is 0 Å². The number of amides is 1. The minimum absolute atomic E-state index is 0.0517. The van der Waals surface area contributed by atoms with Gasteiger partial charge in [0.15, 0.2) is 23.9 Å². The number of carboxylic acids is 1. The van der Waals surface area contributed by atoms with Crippen LogP contribution in [0.5, 0.6) is 0 Å². The lowest BCUT2D eigenvalue weighted by Crippen LogP contribution is -2.40. The number of hydrogen-bond donors (Lipinski definition) is 10. The minimum atomic E-state index is -5.37. The van der Waals surface area contributed by atoms with Crippen LogP contribution in [0.15, 0.2) is 36.7 Å². The standard InChI is InChI=1S/C21H29N7O14P2.C2H5NO2/c22-17-12-19(25-7-24-17)28(8-26-12)21-16(32)14(30)11(41-21)6-39-44(36,37)42-43(34,35)38-5-10-13(29)15(31)20(40-10)27-3-1-2-9(4-27)18(23)33;3-1-2(4)5/h1,3-4,7-8,10-11,13-16,20-21,29-32H,2,5-6H2,(H2,23,33)(H,34,35)(H,36,37)(H2,22,24,25);1,3H2,(H,4,5)/t10-,11-,13?,14-,15?,16-,20?,21-;/m1./s1. The number of anilines is 1. The maximum Gasteiger partial charge on any atom is 0.481 e. The fourth-order valence-corrected chi connectivity index (χ4v) is 6.77. The summed E-state index contributed by atoms with van der Waals surface area (Å²) in [5.41, 5.74) is 16.1. The Balaban J connectivity index is 0.00000101. The largest absolute Gasteiger partial charge is 0.481 e. The van der Waals surface area contributed by atoms with Crippen LogP contribution in [0.1, 0.15) is 12.6 Å². The number of nitrogens with zero attached hydrogens (tertiary/aromatic N) is 5. The highest BCUT2D eigenvalue weighted by Crippen LogP contribution is 2.60. The van der Waals surface area contributed by atoms with Gasteiger partial charge in [0.1, 0.15) is 48.5 Å². The molecule has 0 saturated carbocycles.